The molecule has 19 heavy (non-hydrogen) atoms. The number of halogens is 1. The molecule has 3 rings (SSSR count). The molecule has 0 aliphatic carbocycles. The third-order valence-electron chi connectivity index (χ3n) is 3.00. The number of rotatable bonds is 2. The predicted octanol–water partition coefficient (Wildman–Crippen LogP) is 3.98. The summed E-state index contributed by atoms with van der Waals surface area (Å²) in [6.07, 6.45) is 0. The van der Waals surface area contributed by atoms with E-state index < -0.39 is 5.97 Å². The Bertz CT molecular complexity index is 777. The van der Waals surface area contributed by atoms with Gasteiger partial charge in [0.15, 0.2) is 0 Å². The monoisotopic (exact) mass is 271 g/mol. The Labute approximate surface area is 114 Å². The van der Waals surface area contributed by atoms with Crippen molar-refractivity contribution in [2.75, 3.05) is 0 Å². The number of hydrogen-bond acceptors (Lipinski definition) is 1. The Hall–Kier alpha value is -2.26. The Kier molecular flexibility index (Phi) is 2.76. The van der Waals surface area contributed by atoms with Gasteiger partial charge in [-0.2, -0.15) is 0 Å². The fourth-order valence-electron chi connectivity index (χ4n) is 2.21. The van der Waals surface area contributed by atoms with Crippen molar-refractivity contribution < 1.29 is 9.90 Å². The van der Waals surface area contributed by atoms with E-state index >= 15 is 0 Å². The van der Waals surface area contributed by atoms with E-state index in [1.807, 2.05) is 30.3 Å². The Morgan fingerprint density at radius 1 is 1.05 bits per heavy atom. The molecule has 0 aliphatic heterocycles. The van der Waals surface area contributed by atoms with Gasteiger partial charge in [-0.05, 0) is 30.3 Å². The Morgan fingerprint density at radius 3 is 2.58 bits per heavy atom. The first-order valence-corrected chi connectivity index (χ1v) is 6.14. The van der Waals surface area contributed by atoms with Crippen molar-refractivity contribution in [2.24, 2.45) is 0 Å². The van der Waals surface area contributed by atoms with Crippen molar-refractivity contribution in [3.8, 4) is 5.69 Å². The second kappa shape index (κ2) is 4.44. The first-order chi connectivity index (χ1) is 9.16. The van der Waals surface area contributed by atoms with Crippen LogP contribution in [0.15, 0.2) is 54.6 Å². The lowest BCUT2D eigenvalue weighted by Gasteiger charge is -2.08. The van der Waals surface area contributed by atoms with Gasteiger partial charge in [0.05, 0.1) is 5.52 Å². The highest BCUT2D eigenvalue weighted by Gasteiger charge is 2.15. The summed E-state index contributed by atoms with van der Waals surface area (Å²) in [5.41, 5.74) is 1.82. The number of fused-ring (bicyclic) bond motifs is 1. The topological polar surface area (TPSA) is 42.2 Å². The van der Waals surface area contributed by atoms with E-state index in [9.17, 15) is 9.90 Å². The van der Waals surface area contributed by atoms with Gasteiger partial charge >= 0.3 is 5.97 Å². The summed E-state index contributed by atoms with van der Waals surface area (Å²) in [5.74, 6) is -0.962. The average molecular weight is 272 g/mol. The maximum absolute atomic E-state index is 11.4. The lowest BCUT2D eigenvalue weighted by atomic mass is 10.2. The highest BCUT2D eigenvalue weighted by Crippen LogP contribution is 2.25. The number of aromatic carboxylic acids is 1. The Morgan fingerprint density at radius 2 is 1.84 bits per heavy atom. The van der Waals surface area contributed by atoms with Crippen LogP contribution in [0.25, 0.3) is 16.6 Å². The zero-order valence-electron chi connectivity index (χ0n) is 9.88. The van der Waals surface area contributed by atoms with Crippen LogP contribution in [0.4, 0.5) is 0 Å². The summed E-state index contributed by atoms with van der Waals surface area (Å²) in [4.78, 5) is 11.4. The molecule has 0 saturated carbocycles. The van der Waals surface area contributed by atoms with Gasteiger partial charge in [-0.15, -0.1) is 0 Å². The van der Waals surface area contributed by atoms with Gasteiger partial charge in [0.25, 0.3) is 0 Å². The van der Waals surface area contributed by atoms with Crippen LogP contribution in [0.5, 0.6) is 0 Å². The van der Waals surface area contributed by atoms with Gasteiger partial charge in [-0.1, -0.05) is 35.9 Å². The maximum Gasteiger partial charge on any atom is 0.352 e. The molecule has 0 atom stereocenters. The molecule has 4 heteroatoms. The predicted molar refractivity (Wildman–Crippen MR) is 75.2 cm³/mol. The first kappa shape index (κ1) is 11.8. The molecular weight excluding hydrogens is 262 g/mol. The van der Waals surface area contributed by atoms with Crippen molar-refractivity contribution in [3.63, 3.8) is 0 Å². The van der Waals surface area contributed by atoms with Gasteiger partial charge < -0.3 is 9.67 Å². The zero-order valence-corrected chi connectivity index (χ0v) is 10.6. The molecule has 1 aromatic heterocycles. The van der Waals surface area contributed by atoms with E-state index in [-0.39, 0.29) is 5.69 Å². The molecule has 0 unspecified atom stereocenters. The van der Waals surface area contributed by atoms with Crippen molar-refractivity contribution in [2.45, 2.75) is 0 Å². The highest BCUT2D eigenvalue weighted by molar-refractivity contribution is 6.30. The van der Waals surface area contributed by atoms with Crippen LogP contribution in [0.2, 0.25) is 5.02 Å². The summed E-state index contributed by atoms with van der Waals surface area (Å²) in [7, 11) is 0. The van der Waals surface area contributed by atoms with Crippen molar-refractivity contribution >= 4 is 28.5 Å². The van der Waals surface area contributed by atoms with E-state index in [0.717, 1.165) is 16.6 Å². The van der Waals surface area contributed by atoms with E-state index in [2.05, 4.69) is 0 Å². The number of hydrogen-bond donors (Lipinski definition) is 1. The summed E-state index contributed by atoms with van der Waals surface area (Å²) in [6, 6.07) is 16.4. The van der Waals surface area contributed by atoms with Gasteiger partial charge in [0.2, 0.25) is 0 Å². The molecular formula is C15H10ClNO2. The molecule has 0 saturated heterocycles. The van der Waals surface area contributed by atoms with Gasteiger partial charge in [-0.3, -0.25) is 0 Å². The molecule has 0 spiro atoms. The lowest BCUT2D eigenvalue weighted by Crippen LogP contribution is -2.06. The first-order valence-electron chi connectivity index (χ1n) is 5.76. The maximum atomic E-state index is 11.4. The summed E-state index contributed by atoms with van der Waals surface area (Å²) < 4.78 is 1.70. The van der Waals surface area contributed by atoms with Crippen LogP contribution in [-0.4, -0.2) is 15.6 Å². The molecule has 1 heterocycles. The minimum atomic E-state index is -0.962. The molecule has 0 aliphatic rings. The number of carboxylic acids is 1. The normalized spacial score (nSPS) is 10.8. The molecule has 0 amide bonds. The van der Waals surface area contributed by atoms with Crippen molar-refractivity contribution in [1.82, 2.24) is 4.57 Å². The average Bonchev–Trinajstić information content (AvgIpc) is 2.78. The quantitative estimate of drug-likeness (QED) is 0.766. The van der Waals surface area contributed by atoms with Crippen molar-refractivity contribution in [1.29, 1.82) is 0 Å². The van der Waals surface area contributed by atoms with Crippen molar-refractivity contribution in [3.05, 3.63) is 65.3 Å². The van der Waals surface area contributed by atoms with Crippen LogP contribution in [0.3, 0.4) is 0 Å². The minimum absolute atomic E-state index is 0.225. The summed E-state index contributed by atoms with van der Waals surface area (Å²) in [5, 5.41) is 10.8. The van der Waals surface area contributed by atoms with Crippen LogP contribution in [0.1, 0.15) is 10.5 Å². The van der Waals surface area contributed by atoms with E-state index in [1.54, 1.807) is 28.8 Å². The minimum Gasteiger partial charge on any atom is -0.477 e. The third kappa shape index (κ3) is 1.98. The number of aromatic nitrogens is 1. The summed E-state index contributed by atoms with van der Waals surface area (Å²) >= 11 is 5.98. The third-order valence-corrected chi connectivity index (χ3v) is 3.23. The van der Waals surface area contributed by atoms with Gasteiger partial charge in [0.1, 0.15) is 5.69 Å². The smallest absolute Gasteiger partial charge is 0.352 e. The fraction of sp³-hybridized carbons (Fsp3) is 0. The molecule has 94 valence electrons. The van der Waals surface area contributed by atoms with Crippen LogP contribution in [0, 0.1) is 0 Å². The zero-order chi connectivity index (χ0) is 13.4. The molecule has 0 bridgehead atoms. The lowest BCUT2D eigenvalue weighted by molar-refractivity contribution is 0.0688. The standard InChI is InChI=1S/C15H10ClNO2/c16-11-5-3-6-12(9-11)17-13-7-2-1-4-10(13)8-14(17)15(18)19/h1-9H,(H,18,19). The molecule has 1 N–H and O–H groups in total. The number of carboxylic acid groups (broad SMARTS) is 1. The number of benzene rings is 2. The Balaban J connectivity index is 2.38. The van der Waals surface area contributed by atoms with Gasteiger partial charge in [0, 0.05) is 16.1 Å². The molecule has 0 radical (unpaired) electrons. The second-order valence-electron chi connectivity index (χ2n) is 4.21. The SMILES string of the molecule is O=C(O)c1cc2ccccc2n1-c1cccc(Cl)c1. The fourth-order valence-corrected chi connectivity index (χ4v) is 2.39. The highest BCUT2D eigenvalue weighted by atomic mass is 35.5. The largest absolute Gasteiger partial charge is 0.477 e. The second-order valence-corrected chi connectivity index (χ2v) is 4.65. The van der Waals surface area contributed by atoms with E-state index in [0.29, 0.717) is 5.02 Å². The molecule has 2 aromatic carbocycles. The number of carbonyl (C=O) groups is 1. The van der Waals surface area contributed by atoms with E-state index in [4.69, 9.17) is 11.6 Å². The van der Waals surface area contributed by atoms with Crippen LogP contribution in [-0.2, 0) is 0 Å². The van der Waals surface area contributed by atoms with Crippen LogP contribution < -0.4 is 0 Å². The number of nitrogens with zero attached hydrogens (tertiary/aromatic N) is 1. The molecule has 3 aromatic rings. The van der Waals surface area contributed by atoms with E-state index in [1.165, 1.54) is 0 Å². The molecule has 0 fully saturated rings. The van der Waals surface area contributed by atoms with Crippen LogP contribution >= 0.6 is 11.6 Å². The molecule has 3 nitrogen and oxygen atoms in total. The number of para-hydroxylation sites is 1. The van der Waals surface area contributed by atoms with Gasteiger partial charge in [-0.25, -0.2) is 4.79 Å². The summed E-state index contributed by atoms with van der Waals surface area (Å²) in [6.45, 7) is 0.